The number of benzene rings is 1. The molecule has 1 spiro atoms. The van der Waals surface area contributed by atoms with Gasteiger partial charge in [-0.1, -0.05) is 24.3 Å². The van der Waals surface area contributed by atoms with Crippen LogP contribution in [0.2, 0.25) is 0 Å². The van der Waals surface area contributed by atoms with E-state index in [0.29, 0.717) is 11.4 Å². The van der Waals surface area contributed by atoms with Gasteiger partial charge in [-0.15, -0.1) is 0 Å². The number of anilines is 1. The number of urea groups is 1. The molecule has 160 valence electrons. The standard InChI is InChI=1S/C23H24N4O4/c24-19(28)9-15-5-4-8-25-21(15)31-18-12-23(13-18)10-17(11-23)27-20(29)14-26(22(27)30)16-6-2-1-3-7-16/h1-8,17-18H,9-14H2,(H2,24,28). The van der Waals surface area contributed by atoms with Crippen molar-refractivity contribution in [2.75, 3.05) is 11.4 Å². The Kier molecular flexibility index (Phi) is 4.64. The van der Waals surface area contributed by atoms with Crippen LogP contribution in [0, 0.1) is 5.41 Å². The first-order chi connectivity index (χ1) is 14.9. The average molecular weight is 420 g/mol. The van der Waals surface area contributed by atoms with Crippen molar-refractivity contribution in [3.8, 4) is 5.88 Å². The topological polar surface area (TPSA) is 106 Å². The lowest BCUT2D eigenvalue weighted by atomic mass is 9.52. The van der Waals surface area contributed by atoms with E-state index in [1.165, 1.54) is 4.90 Å². The number of primary amides is 1. The van der Waals surface area contributed by atoms with Gasteiger partial charge < -0.3 is 10.5 Å². The van der Waals surface area contributed by atoms with Crippen molar-refractivity contribution in [3.05, 3.63) is 54.2 Å². The maximum atomic E-state index is 12.9. The van der Waals surface area contributed by atoms with Gasteiger partial charge in [0.15, 0.2) is 0 Å². The summed E-state index contributed by atoms with van der Waals surface area (Å²) in [7, 11) is 0. The minimum absolute atomic E-state index is 0.0216. The van der Waals surface area contributed by atoms with E-state index in [1.807, 2.05) is 30.3 Å². The van der Waals surface area contributed by atoms with Gasteiger partial charge in [0.25, 0.3) is 5.91 Å². The number of imide groups is 1. The number of carbonyl (C=O) groups is 3. The molecular weight excluding hydrogens is 396 g/mol. The van der Waals surface area contributed by atoms with E-state index in [1.54, 1.807) is 23.2 Å². The Morgan fingerprint density at radius 1 is 1.10 bits per heavy atom. The smallest absolute Gasteiger partial charge is 0.331 e. The van der Waals surface area contributed by atoms with Crippen LogP contribution >= 0.6 is 0 Å². The Labute approximate surface area is 180 Å². The number of pyridine rings is 1. The summed E-state index contributed by atoms with van der Waals surface area (Å²) in [5.41, 5.74) is 6.86. The molecule has 8 nitrogen and oxygen atoms in total. The molecule has 2 heterocycles. The van der Waals surface area contributed by atoms with Crippen molar-refractivity contribution in [3.63, 3.8) is 0 Å². The summed E-state index contributed by atoms with van der Waals surface area (Å²) in [4.78, 5) is 43.9. The maximum absolute atomic E-state index is 12.9. The molecule has 8 heteroatoms. The molecule has 1 aromatic carbocycles. The normalized spacial score (nSPS) is 27.2. The highest BCUT2D eigenvalue weighted by molar-refractivity contribution is 6.12. The second-order valence-corrected chi connectivity index (χ2v) is 8.79. The first-order valence-corrected chi connectivity index (χ1v) is 10.5. The fourth-order valence-electron chi connectivity index (χ4n) is 5.14. The second kappa shape index (κ2) is 7.37. The highest BCUT2D eigenvalue weighted by Gasteiger charge is 2.58. The van der Waals surface area contributed by atoms with E-state index in [-0.39, 0.29) is 42.5 Å². The molecule has 0 unspecified atom stereocenters. The molecule has 2 aromatic rings. The van der Waals surface area contributed by atoms with Gasteiger partial charge in [0.05, 0.1) is 6.42 Å². The van der Waals surface area contributed by atoms with Crippen molar-refractivity contribution in [2.24, 2.45) is 11.1 Å². The lowest BCUT2D eigenvalue weighted by Crippen LogP contribution is -2.60. The lowest BCUT2D eigenvalue weighted by molar-refractivity contribution is -0.138. The molecule has 5 rings (SSSR count). The number of hydrogen-bond acceptors (Lipinski definition) is 5. The number of aromatic nitrogens is 1. The van der Waals surface area contributed by atoms with Gasteiger partial charge >= 0.3 is 6.03 Å². The molecule has 2 N–H and O–H groups in total. The predicted molar refractivity (Wildman–Crippen MR) is 112 cm³/mol. The Balaban J connectivity index is 1.17. The number of para-hydroxylation sites is 1. The monoisotopic (exact) mass is 420 g/mol. The highest BCUT2D eigenvalue weighted by atomic mass is 16.5. The van der Waals surface area contributed by atoms with Crippen molar-refractivity contribution >= 4 is 23.5 Å². The zero-order valence-electron chi connectivity index (χ0n) is 17.1. The number of nitrogens with zero attached hydrogens (tertiary/aromatic N) is 3. The molecule has 3 fully saturated rings. The summed E-state index contributed by atoms with van der Waals surface area (Å²) < 4.78 is 6.02. The minimum atomic E-state index is -0.422. The molecule has 2 aliphatic carbocycles. The molecule has 0 radical (unpaired) electrons. The molecule has 1 aromatic heterocycles. The summed E-state index contributed by atoms with van der Waals surface area (Å²) >= 11 is 0. The average Bonchev–Trinajstić information content (AvgIpc) is 2.98. The third-order valence-corrected chi connectivity index (χ3v) is 6.58. The fraction of sp³-hybridized carbons (Fsp3) is 0.391. The zero-order chi connectivity index (χ0) is 21.6. The van der Waals surface area contributed by atoms with Crippen LogP contribution in [-0.4, -0.2) is 46.4 Å². The van der Waals surface area contributed by atoms with E-state index in [2.05, 4.69) is 4.98 Å². The van der Waals surface area contributed by atoms with Crippen LogP contribution in [0.15, 0.2) is 48.7 Å². The summed E-state index contributed by atoms with van der Waals surface area (Å²) in [5, 5.41) is 0. The number of rotatable bonds is 6. The number of nitrogens with two attached hydrogens (primary N) is 1. The summed E-state index contributed by atoms with van der Waals surface area (Å²) in [6.07, 6.45) is 5.08. The minimum Gasteiger partial charge on any atom is -0.474 e. The molecule has 2 saturated carbocycles. The van der Waals surface area contributed by atoms with Gasteiger partial charge in [-0.25, -0.2) is 9.78 Å². The fourth-order valence-corrected chi connectivity index (χ4v) is 5.14. The summed E-state index contributed by atoms with van der Waals surface area (Å²) in [6, 6.07) is 12.6. The Morgan fingerprint density at radius 2 is 1.84 bits per heavy atom. The van der Waals surface area contributed by atoms with Crippen LogP contribution < -0.4 is 15.4 Å². The molecular formula is C23H24N4O4. The molecule has 1 aliphatic heterocycles. The van der Waals surface area contributed by atoms with E-state index in [4.69, 9.17) is 10.5 Å². The number of carbonyl (C=O) groups excluding carboxylic acids is 3. The van der Waals surface area contributed by atoms with Crippen LogP contribution in [0.1, 0.15) is 31.2 Å². The molecule has 3 aliphatic rings. The maximum Gasteiger partial charge on any atom is 0.331 e. The SMILES string of the molecule is NC(=O)Cc1cccnc1OC1CC2(C1)CC(N1C(=O)CN(c3ccccc3)C1=O)C2. The third-order valence-electron chi connectivity index (χ3n) is 6.58. The van der Waals surface area contributed by atoms with Gasteiger partial charge in [0.1, 0.15) is 12.6 Å². The quantitative estimate of drug-likeness (QED) is 0.722. The summed E-state index contributed by atoms with van der Waals surface area (Å²) in [5.74, 6) is -0.0971. The van der Waals surface area contributed by atoms with Crippen LogP contribution in [0.4, 0.5) is 10.5 Å². The molecule has 0 atom stereocenters. The largest absolute Gasteiger partial charge is 0.474 e. The zero-order valence-corrected chi connectivity index (χ0v) is 17.1. The Bertz CT molecular complexity index is 1030. The second-order valence-electron chi connectivity index (χ2n) is 8.79. The van der Waals surface area contributed by atoms with Crippen molar-refractivity contribution in [1.82, 2.24) is 9.88 Å². The highest BCUT2D eigenvalue weighted by Crippen LogP contribution is 2.58. The van der Waals surface area contributed by atoms with E-state index in [9.17, 15) is 14.4 Å². The summed E-state index contributed by atoms with van der Waals surface area (Å²) in [6.45, 7) is 0.0976. The lowest BCUT2D eigenvalue weighted by Gasteiger charge is -2.58. The molecule has 1 saturated heterocycles. The van der Waals surface area contributed by atoms with Gasteiger partial charge in [-0.3, -0.25) is 19.4 Å². The van der Waals surface area contributed by atoms with Gasteiger partial charge in [-0.05, 0) is 49.3 Å². The van der Waals surface area contributed by atoms with Gasteiger partial charge in [-0.2, -0.15) is 0 Å². The van der Waals surface area contributed by atoms with Gasteiger partial charge in [0, 0.05) is 23.5 Å². The first kappa shape index (κ1) is 19.5. The van der Waals surface area contributed by atoms with Crippen LogP contribution in [0.5, 0.6) is 5.88 Å². The molecule has 0 bridgehead atoms. The van der Waals surface area contributed by atoms with Crippen molar-refractivity contribution in [1.29, 1.82) is 0 Å². The molecule has 4 amide bonds. The van der Waals surface area contributed by atoms with Crippen LogP contribution in [0.3, 0.4) is 0 Å². The van der Waals surface area contributed by atoms with Gasteiger partial charge in [0.2, 0.25) is 11.8 Å². The third kappa shape index (κ3) is 3.52. The van der Waals surface area contributed by atoms with Crippen molar-refractivity contribution in [2.45, 2.75) is 44.2 Å². The molecule has 31 heavy (non-hydrogen) atoms. The first-order valence-electron chi connectivity index (χ1n) is 10.5. The number of ether oxygens (including phenoxy) is 1. The predicted octanol–water partition coefficient (Wildman–Crippen LogP) is 2.27. The van der Waals surface area contributed by atoms with E-state index in [0.717, 1.165) is 31.4 Å². The van der Waals surface area contributed by atoms with E-state index >= 15 is 0 Å². The van der Waals surface area contributed by atoms with Crippen LogP contribution in [-0.2, 0) is 16.0 Å². The Hall–Kier alpha value is -3.42. The number of amides is 4. The van der Waals surface area contributed by atoms with Crippen molar-refractivity contribution < 1.29 is 19.1 Å². The van der Waals surface area contributed by atoms with E-state index < -0.39 is 5.91 Å². The number of hydrogen-bond donors (Lipinski definition) is 1. The van der Waals surface area contributed by atoms with Crippen LogP contribution in [0.25, 0.3) is 0 Å². The Morgan fingerprint density at radius 3 is 2.55 bits per heavy atom.